The van der Waals surface area contributed by atoms with E-state index in [4.69, 9.17) is 0 Å². The SMILES string of the molecule is O=Cc1cc2ccn(Cc3ccc(F)cc3F)c2cn1. The van der Waals surface area contributed by atoms with Crippen LogP contribution in [0.1, 0.15) is 16.1 Å². The fraction of sp³-hybridized carbons (Fsp3) is 0.0667. The molecule has 0 atom stereocenters. The molecule has 2 heterocycles. The zero-order valence-electron chi connectivity index (χ0n) is 10.4. The van der Waals surface area contributed by atoms with Gasteiger partial charge in [-0.05, 0) is 18.2 Å². The van der Waals surface area contributed by atoms with E-state index in [0.29, 0.717) is 17.5 Å². The first-order chi connectivity index (χ1) is 9.67. The molecule has 5 heteroatoms. The maximum atomic E-state index is 13.6. The highest BCUT2D eigenvalue weighted by atomic mass is 19.1. The highest BCUT2D eigenvalue weighted by Crippen LogP contribution is 2.18. The van der Waals surface area contributed by atoms with Crippen molar-refractivity contribution in [1.29, 1.82) is 0 Å². The summed E-state index contributed by atoms with van der Waals surface area (Å²) in [5.74, 6) is -1.18. The van der Waals surface area contributed by atoms with Crippen molar-refractivity contribution in [2.75, 3.05) is 0 Å². The summed E-state index contributed by atoms with van der Waals surface area (Å²) < 4.78 is 28.3. The van der Waals surface area contributed by atoms with E-state index in [2.05, 4.69) is 4.98 Å². The van der Waals surface area contributed by atoms with Crippen LogP contribution >= 0.6 is 0 Å². The van der Waals surface area contributed by atoms with Crippen LogP contribution in [0.15, 0.2) is 42.7 Å². The lowest BCUT2D eigenvalue weighted by Gasteiger charge is -2.07. The van der Waals surface area contributed by atoms with Crippen LogP contribution in [0.4, 0.5) is 8.78 Å². The first-order valence-electron chi connectivity index (χ1n) is 6.01. The average molecular weight is 272 g/mol. The molecule has 20 heavy (non-hydrogen) atoms. The van der Waals surface area contributed by atoms with Gasteiger partial charge in [0.1, 0.15) is 17.3 Å². The molecule has 0 radical (unpaired) electrons. The number of aromatic nitrogens is 2. The van der Waals surface area contributed by atoms with Gasteiger partial charge >= 0.3 is 0 Å². The largest absolute Gasteiger partial charge is 0.342 e. The van der Waals surface area contributed by atoms with E-state index in [-0.39, 0.29) is 6.54 Å². The van der Waals surface area contributed by atoms with Gasteiger partial charge in [0.05, 0.1) is 18.3 Å². The molecule has 0 spiro atoms. The number of carbonyl (C=O) groups is 1. The summed E-state index contributed by atoms with van der Waals surface area (Å²) in [7, 11) is 0. The molecule has 0 aliphatic heterocycles. The summed E-state index contributed by atoms with van der Waals surface area (Å²) in [4.78, 5) is 14.7. The lowest BCUT2D eigenvalue weighted by Crippen LogP contribution is -2.01. The van der Waals surface area contributed by atoms with Gasteiger partial charge in [0.2, 0.25) is 0 Å². The van der Waals surface area contributed by atoms with Gasteiger partial charge in [0.25, 0.3) is 0 Å². The Bertz CT molecular complexity index is 796. The molecule has 0 N–H and O–H groups in total. The Labute approximate surface area is 113 Å². The third-order valence-electron chi connectivity index (χ3n) is 3.16. The van der Waals surface area contributed by atoms with E-state index in [0.717, 1.165) is 17.0 Å². The van der Waals surface area contributed by atoms with Gasteiger partial charge < -0.3 is 4.57 Å². The van der Waals surface area contributed by atoms with Crippen molar-refractivity contribution in [2.24, 2.45) is 0 Å². The summed E-state index contributed by atoms with van der Waals surface area (Å²) in [6.07, 6.45) is 4.03. The van der Waals surface area contributed by atoms with Gasteiger partial charge in [-0.25, -0.2) is 8.78 Å². The molecule has 3 rings (SSSR count). The Kier molecular flexibility index (Phi) is 3.02. The van der Waals surface area contributed by atoms with Gasteiger partial charge in [-0.3, -0.25) is 9.78 Å². The number of aldehydes is 1. The highest BCUT2D eigenvalue weighted by Gasteiger charge is 2.07. The number of halogens is 2. The number of hydrogen-bond donors (Lipinski definition) is 0. The quantitative estimate of drug-likeness (QED) is 0.686. The first kappa shape index (κ1) is 12.5. The fourth-order valence-corrected chi connectivity index (χ4v) is 2.14. The molecule has 1 aromatic carbocycles. The minimum atomic E-state index is -0.596. The Hall–Kier alpha value is -2.56. The molecular weight excluding hydrogens is 262 g/mol. The molecule has 0 bridgehead atoms. The first-order valence-corrected chi connectivity index (χ1v) is 6.01. The molecule has 0 fully saturated rings. The number of rotatable bonds is 3. The summed E-state index contributed by atoms with van der Waals surface area (Å²) >= 11 is 0. The van der Waals surface area contributed by atoms with Gasteiger partial charge in [-0.1, -0.05) is 6.07 Å². The third kappa shape index (κ3) is 2.18. The van der Waals surface area contributed by atoms with Crippen LogP contribution in [0.3, 0.4) is 0 Å². The van der Waals surface area contributed by atoms with E-state index in [1.54, 1.807) is 23.0 Å². The van der Waals surface area contributed by atoms with Gasteiger partial charge in [0.15, 0.2) is 6.29 Å². The molecule has 3 aromatic rings. The molecule has 100 valence electrons. The summed E-state index contributed by atoms with van der Waals surface area (Å²) in [6, 6.07) is 7.01. The molecule has 0 amide bonds. The average Bonchev–Trinajstić information content (AvgIpc) is 2.84. The predicted octanol–water partition coefficient (Wildman–Crippen LogP) is 3.18. The van der Waals surface area contributed by atoms with E-state index in [1.165, 1.54) is 12.1 Å². The molecule has 0 saturated carbocycles. The number of fused-ring (bicyclic) bond motifs is 1. The number of benzene rings is 1. The minimum absolute atomic E-state index is 0.276. The van der Waals surface area contributed by atoms with Crippen molar-refractivity contribution in [3.05, 3.63) is 65.6 Å². The Morgan fingerprint density at radius 3 is 2.80 bits per heavy atom. The van der Waals surface area contributed by atoms with Crippen LogP contribution in [0.25, 0.3) is 10.9 Å². The van der Waals surface area contributed by atoms with Crippen molar-refractivity contribution < 1.29 is 13.6 Å². The second-order valence-electron chi connectivity index (χ2n) is 4.47. The van der Waals surface area contributed by atoms with Crippen LogP contribution in [-0.2, 0) is 6.54 Å². The van der Waals surface area contributed by atoms with Crippen molar-refractivity contribution in [3.63, 3.8) is 0 Å². The second-order valence-corrected chi connectivity index (χ2v) is 4.47. The Balaban J connectivity index is 2.00. The van der Waals surface area contributed by atoms with Gasteiger partial charge in [-0.15, -0.1) is 0 Å². The topological polar surface area (TPSA) is 34.9 Å². The zero-order valence-corrected chi connectivity index (χ0v) is 10.4. The van der Waals surface area contributed by atoms with Crippen molar-refractivity contribution >= 4 is 17.2 Å². The number of hydrogen-bond acceptors (Lipinski definition) is 2. The summed E-state index contributed by atoms with van der Waals surface area (Å²) in [5.41, 5.74) is 1.53. The summed E-state index contributed by atoms with van der Waals surface area (Å²) in [6.45, 7) is 0.276. The molecule has 0 aliphatic rings. The molecule has 0 unspecified atom stereocenters. The molecule has 0 saturated heterocycles. The molecular formula is C15H10F2N2O. The Morgan fingerprint density at radius 2 is 2.05 bits per heavy atom. The van der Waals surface area contributed by atoms with Crippen LogP contribution in [0.2, 0.25) is 0 Å². The van der Waals surface area contributed by atoms with E-state index >= 15 is 0 Å². The van der Waals surface area contributed by atoms with E-state index < -0.39 is 11.6 Å². The van der Waals surface area contributed by atoms with Crippen LogP contribution in [0, 0.1) is 11.6 Å². The minimum Gasteiger partial charge on any atom is -0.342 e. The van der Waals surface area contributed by atoms with Crippen LogP contribution in [0.5, 0.6) is 0 Å². The van der Waals surface area contributed by atoms with Crippen molar-refractivity contribution in [1.82, 2.24) is 9.55 Å². The van der Waals surface area contributed by atoms with Crippen LogP contribution < -0.4 is 0 Å². The number of pyridine rings is 1. The lowest BCUT2D eigenvalue weighted by molar-refractivity contribution is 0.111. The normalized spacial score (nSPS) is 10.9. The van der Waals surface area contributed by atoms with E-state index in [1.807, 2.05) is 6.07 Å². The molecule has 3 nitrogen and oxygen atoms in total. The fourth-order valence-electron chi connectivity index (χ4n) is 2.14. The Morgan fingerprint density at radius 1 is 1.20 bits per heavy atom. The monoisotopic (exact) mass is 272 g/mol. The lowest BCUT2D eigenvalue weighted by atomic mass is 10.2. The molecule has 0 aliphatic carbocycles. The van der Waals surface area contributed by atoms with Crippen molar-refractivity contribution in [2.45, 2.75) is 6.54 Å². The maximum Gasteiger partial charge on any atom is 0.168 e. The standard InChI is InChI=1S/C15H10F2N2O/c16-12-2-1-11(14(17)6-12)8-19-4-3-10-5-13(9-20)18-7-15(10)19/h1-7,9H,8H2. The van der Waals surface area contributed by atoms with Gasteiger partial charge in [0, 0.05) is 23.2 Å². The highest BCUT2D eigenvalue weighted by molar-refractivity contribution is 5.85. The zero-order chi connectivity index (χ0) is 14.1. The number of nitrogens with zero attached hydrogens (tertiary/aromatic N) is 2. The maximum absolute atomic E-state index is 13.6. The third-order valence-corrected chi connectivity index (χ3v) is 3.16. The predicted molar refractivity (Wildman–Crippen MR) is 70.6 cm³/mol. The smallest absolute Gasteiger partial charge is 0.168 e. The van der Waals surface area contributed by atoms with Crippen LogP contribution in [-0.4, -0.2) is 15.8 Å². The second kappa shape index (κ2) is 4.85. The molecule has 2 aromatic heterocycles. The number of carbonyl (C=O) groups excluding carboxylic acids is 1. The summed E-state index contributed by atoms with van der Waals surface area (Å²) in [5, 5.41) is 0.851. The van der Waals surface area contributed by atoms with E-state index in [9.17, 15) is 13.6 Å². The van der Waals surface area contributed by atoms with Crippen molar-refractivity contribution in [3.8, 4) is 0 Å². The van der Waals surface area contributed by atoms with Gasteiger partial charge in [-0.2, -0.15) is 0 Å².